The number of aryl methyl sites for hydroxylation is 1. The Hall–Kier alpha value is -1.49. The van der Waals surface area contributed by atoms with E-state index in [-0.39, 0.29) is 0 Å². The number of benzene rings is 1. The van der Waals surface area contributed by atoms with E-state index in [1.165, 1.54) is 24.0 Å². The summed E-state index contributed by atoms with van der Waals surface area (Å²) in [5.41, 5.74) is 3.26. The first-order chi connectivity index (χ1) is 6.86. The second-order valence-corrected chi connectivity index (χ2v) is 3.60. The maximum absolute atomic E-state index is 8.92. The lowest BCUT2D eigenvalue weighted by molar-refractivity contribution is 0.405. The van der Waals surface area contributed by atoms with E-state index < -0.39 is 0 Å². The van der Waals surface area contributed by atoms with Gasteiger partial charge < -0.3 is 4.74 Å². The second kappa shape index (κ2) is 3.71. The van der Waals surface area contributed by atoms with Gasteiger partial charge in [-0.3, -0.25) is 0 Å². The zero-order valence-electron chi connectivity index (χ0n) is 8.34. The minimum absolute atomic E-state index is 0.660. The number of hydrogen-bond acceptors (Lipinski definition) is 2. The maximum Gasteiger partial charge on any atom is 0.140 e. The van der Waals surface area contributed by atoms with Crippen LogP contribution in [0.2, 0.25) is 0 Å². The monoisotopic (exact) mass is 187 g/mol. The molecule has 0 spiro atoms. The summed E-state index contributed by atoms with van der Waals surface area (Å²) in [4.78, 5) is 0. The van der Waals surface area contributed by atoms with Crippen LogP contribution in [-0.4, -0.2) is 7.11 Å². The zero-order chi connectivity index (χ0) is 9.97. The van der Waals surface area contributed by atoms with Crippen LogP contribution in [0.1, 0.15) is 29.5 Å². The largest absolute Gasteiger partial charge is 0.495 e. The Bertz CT molecular complexity index is 390. The van der Waals surface area contributed by atoms with Crippen LogP contribution in [0.25, 0.3) is 0 Å². The second-order valence-electron chi connectivity index (χ2n) is 3.60. The van der Waals surface area contributed by atoms with E-state index in [4.69, 9.17) is 10.00 Å². The van der Waals surface area contributed by atoms with Crippen LogP contribution < -0.4 is 4.74 Å². The first-order valence-electron chi connectivity index (χ1n) is 4.95. The fourth-order valence-corrected chi connectivity index (χ4v) is 2.12. The fourth-order valence-electron chi connectivity index (χ4n) is 2.12. The van der Waals surface area contributed by atoms with E-state index in [9.17, 15) is 0 Å². The summed E-state index contributed by atoms with van der Waals surface area (Å²) >= 11 is 0. The van der Waals surface area contributed by atoms with E-state index in [0.29, 0.717) is 5.56 Å². The first-order valence-corrected chi connectivity index (χ1v) is 4.95. The van der Waals surface area contributed by atoms with Gasteiger partial charge >= 0.3 is 0 Å². The van der Waals surface area contributed by atoms with Crippen LogP contribution in [0.3, 0.4) is 0 Å². The normalized spacial score (nSPS) is 14.3. The minimum atomic E-state index is 0.660. The summed E-state index contributed by atoms with van der Waals surface area (Å²) in [5.74, 6) is 0.796. The van der Waals surface area contributed by atoms with E-state index in [1.807, 2.05) is 6.07 Å². The van der Waals surface area contributed by atoms with Crippen molar-refractivity contribution in [2.75, 3.05) is 7.11 Å². The highest BCUT2D eigenvalue weighted by Gasteiger charge is 2.16. The van der Waals surface area contributed by atoms with Crippen molar-refractivity contribution in [2.45, 2.75) is 25.7 Å². The van der Waals surface area contributed by atoms with E-state index in [0.717, 1.165) is 18.6 Å². The summed E-state index contributed by atoms with van der Waals surface area (Å²) in [6.45, 7) is 0. The van der Waals surface area contributed by atoms with Gasteiger partial charge in [-0.15, -0.1) is 0 Å². The Balaban J connectivity index is 2.57. The van der Waals surface area contributed by atoms with Crippen LogP contribution in [0.4, 0.5) is 0 Å². The van der Waals surface area contributed by atoms with Crippen molar-refractivity contribution in [1.82, 2.24) is 0 Å². The van der Waals surface area contributed by atoms with Crippen molar-refractivity contribution >= 4 is 0 Å². The van der Waals surface area contributed by atoms with Crippen LogP contribution in [-0.2, 0) is 12.8 Å². The van der Waals surface area contributed by atoms with Crippen molar-refractivity contribution in [3.05, 3.63) is 28.8 Å². The highest BCUT2D eigenvalue weighted by molar-refractivity contribution is 5.52. The Kier molecular flexibility index (Phi) is 2.41. The number of nitrogens with zero attached hydrogens (tertiary/aromatic N) is 1. The van der Waals surface area contributed by atoms with Crippen molar-refractivity contribution in [1.29, 1.82) is 5.26 Å². The van der Waals surface area contributed by atoms with Gasteiger partial charge in [-0.05, 0) is 42.9 Å². The molecule has 0 bridgehead atoms. The highest BCUT2D eigenvalue weighted by Crippen LogP contribution is 2.32. The molecule has 14 heavy (non-hydrogen) atoms. The zero-order valence-corrected chi connectivity index (χ0v) is 8.34. The molecule has 1 aromatic carbocycles. The number of hydrogen-bond donors (Lipinski definition) is 0. The molecular weight excluding hydrogens is 174 g/mol. The SMILES string of the molecule is COc1c(C#N)ccc2c1CCCC2. The third kappa shape index (κ3) is 1.35. The lowest BCUT2D eigenvalue weighted by atomic mass is 9.89. The van der Waals surface area contributed by atoms with Gasteiger partial charge in [-0.25, -0.2) is 0 Å². The van der Waals surface area contributed by atoms with Gasteiger partial charge in [0.05, 0.1) is 12.7 Å². The minimum Gasteiger partial charge on any atom is -0.495 e. The molecule has 0 N–H and O–H groups in total. The molecule has 0 fully saturated rings. The predicted molar refractivity (Wildman–Crippen MR) is 54.4 cm³/mol. The third-order valence-electron chi connectivity index (χ3n) is 2.80. The van der Waals surface area contributed by atoms with Crippen molar-refractivity contribution < 1.29 is 4.74 Å². The molecule has 2 heteroatoms. The molecule has 0 aromatic heterocycles. The van der Waals surface area contributed by atoms with E-state index >= 15 is 0 Å². The summed E-state index contributed by atoms with van der Waals surface area (Å²) in [7, 11) is 1.64. The number of rotatable bonds is 1. The number of methoxy groups -OCH3 is 1. The van der Waals surface area contributed by atoms with Gasteiger partial charge in [0, 0.05) is 0 Å². The van der Waals surface area contributed by atoms with Crippen LogP contribution >= 0.6 is 0 Å². The molecule has 2 nitrogen and oxygen atoms in total. The van der Waals surface area contributed by atoms with Gasteiger partial charge in [0.25, 0.3) is 0 Å². The molecule has 72 valence electrons. The Labute approximate surface area is 84.1 Å². The number of ether oxygens (including phenoxy) is 1. The molecule has 0 saturated carbocycles. The smallest absolute Gasteiger partial charge is 0.140 e. The van der Waals surface area contributed by atoms with Crippen LogP contribution in [0, 0.1) is 11.3 Å². The molecule has 2 rings (SSSR count). The van der Waals surface area contributed by atoms with Crippen molar-refractivity contribution in [2.24, 2.45) is 0 Å². The van der Waals surface area contributed by atoms with Gasteiger partial charge in [0.1, 0.15) is 11.8 Å². The third-order valence-corrected chi connectivity index (χ3v) is 2.80. The lowest BCUT2D eigenvalue weighted by Gasteiger charge is -2.19. The summed E-state index contributed by atoms with van der Waals surface area (Å²) in [6.07, 6.45) is 4.63. The Morgan fingerprint density at radius 1 is 1.29 bits per heavy atom. The Morgan fingerprint density at radius 3 is 2.79 bits per heavy atom. The average Bonchev–Trinajstić information content (AvgIpc) is 2.27. The summed E-state index contributed by atoms with van der Waals surface area (Å²) in [6, 6.07) is 6.10. The molecule has 0 heterocycles. The molecule has 0 unspecified atom stereocenters. The maximum atomic E-state index is 8.92. The number of nitriles is 1. The van der Waals surface area contributed by atoms with Crippen LogP contribution in [0.5, 0.6) is 5.75 Å². The Morgan fingerprint density at radius 2 is 2.07 bits per heavy atom. The first kappa shape index (κ1) is 9.08. The molecule has 1 aliphatic carbocycles. The van der Waals surface area contributed by atoms with Crippen molar-refractivity contribution in [3.8, 4) is 11.8 Å². The highest BCUT2D eigenvalue weighted by atomic mass is 16.5. The fraction of sp³-hybridized carbons (Fsp3) is 0.417. The van der Waals surface area contributed by atoms with Gasteiger partial charge in [-0.2, -0.15) is 5.26 Å². The van der Waals surface area contributed by atoms with Gasteiger partial charge in [-0.1, -0.05) is 6.07 Å². The quantitative estimate of drug-likeness (QED) is 0.676. The summed E-state index contributed by atoms with van der Waals surface area (Å²) < 4.78 is 5.31. The molecule has 1 aliphatic rings. The number of fused-ring (bicyclic) bond motifs is 1. The van der Waals surface area contributed by atoms with Gasteiger partial charge in [0.2, 0.25) is 0 Å². The topological polar surface area (TPSA) is 33.0 Å². The predicted octanol–water partition coefficient (Wildman–Crippen LogP) is 2.45. The standard InChI is InChI=1S/C12H13NO/c1-14-12-10(8-13)7-6-9-4-2-3-5-11(9)12/h6-7H,2-5H2,1H3. The lowest BCUT2D eigenvalue weighted by Crippen LogP contribution is -2.06. The molecule has 1 aromatic rings. The molecule has 0 saturated heterocycles. The van der Waals surface area contributed by atoms with Gasteiger partial charge in [0.15, 0.2) is 0 Å². The van der Waals surface area contributed by atoms with E-state index in [2.05, 4.69) is 12.1 Å². The average molecular weight is 187 g/mol. The van der Waals surface area contributed by atoms with Crippen LogP contribution in [0.15, 0.2) is 12.1 Å². The molecule has 0 radical (unpaired) electrons. The van der Waals surface area contributed by atoms with E-state index in [1.54, 1.807) is 7.11 Å². The molecule has 0 atom stereocenters. The summed E-state index contributed by atoms with van der Waals surface area (Å²) in [5, 5.41) is 8.92. The van der Waals surface area contributed by atoms with Crippen molar-refractivity contribution in [3.63, 3.8) is 0 Å². The molecular formula is C12H13NO. The molecule has 0 aliphatic heterocycles. The molecule has 0 amide bonds.